The lowest BCUT2D eigenvalue weighted by Gasteiger charge is -2.09. The number of ketones is 1. The summed E-state index contributed by atoms with van der Waals surface area (Å²) in [5.41, 5.74) is 1.93. The number of rotatable bonds is 4. The van der Waals surface area contributed by atoms with Gasteiger partial charge in [-0.1, -0.05) is 0 Å². The number of Topliss-reactive ketones (excluding diaryl/α,β-unsaturated/α-hetero) is 1. The molecular formula is C13H15N3O. The lowest BCUT2D eigenvalue weighted by atomic mass is 10.3. The van der Waals surface area contributed by atoms with Crippen molar-refractivity contribution in [3.8, 4) is 0 Å². The van der Waals surface area contributed by atoms with Crippen LogP contribution < -0.4 is 0 Å². The molecule has 0 aromatic carbocycles. The maximum atomic E-state index is 11.4. The number of aromatic nitrogens is 3. The van der Waals surface area contributed by atoms with Crippen LogP contribution >= 0.6 is 0 Å². The Labute approximate surface area is 99.9 Å². The number of nitrogens with zero attached hydrogens (tertiary/aromatic N) is 3. The van der Waals surface area contributed by atoms with Crippen LogP contribution in [0.4, 0.5) is 0 Å². The minimum Gasteiger partial charge on any atom is -0.339 e. The zero-order valence-corrected chi connectivity index (χ0v) is 9.84. The predicted molar refractivity (Wildman–Crippen MR) is 64.0 cm³/mol. The summed E-state index contributed by atoms with van der Waals surface area (Å²) in [7, 11) is 0. The normalized spacial score (nSPS) is 15.1. The van der Waals surface area contributed by atoms with Gasteiger partial charge in [0, 0.05) is 25.4 Å². The molecule has 0 saturated heterocycles. The Balaban J connectivity index is 1.88. The first-order valence-electron chi connectivity index (χ1n) is 5.92. The van der Waals surface area contributed by atoms with E-state index in [0.717, 1.165) is 12.2 Å². The van der Waals surface area contributed by atoms with Gasteiger partial charge in [0.25, 0.3) is 0 Å². The van der Waals surface area contributed by atoms with E-state index in [1.54, 1.807) is 6.92 Å². The predicted octanol–water partition coefficient (Wildman–Crippen LogP) is 2.27. The molecule has 1 fully saturated rings. The van der Waals surface area contributed by atoms with Crippen LogP contribution in [0.3, 0.4) is 0 Å². The Kier molecular flexibility index (Phi) is 2.35. The summed E-state index contributed by atoms with van der Waals surface area (Å²) >= 11 is 0. The maximum absolute atomic E-state index is 11.4. The van der Waals surface area contributed by atoms with E-state index in [0.29, 0.717) is 6.04 Å². The van der Waals surface area contributed by atoms with Crippen LogP contribution in [-0.4, -0.2) is 19.9 Å². The Morgan fingerprint density at radius 2 is 2.35 bits per heavy atom. The molecule has 0 bridgehead atoms. The van der Waals surface area contributed by atoms with E-state index in [1.807, 2.05) is 35.4 Å². The van der Waals surface area contributed by atoms with E-state index in [4.69, 9.17) is 0 Å². The van der Waals surface area contributed by atoms with E-state index >= 15 is 0 Å². The van der Waals surface area contributed by atoms with Crippen LogP contribution in [0.5, 0.6) is 0 Å². The monoisotopic (exact) mass is 229 g/mol. The van der Waals surface area contributed by atoms with E-state index in [1.165, 1.54) is 18.5 Å². The number of carbonyl (C=O) groups excluding carboxylic acids is 1. The third-order valence-electron chi connectivity index (χ3n) is 3.21. The van der Waals surface area contributed by atoms with Crippen molar-refractivity contribution in [2.75, 3.05) is 0 Å². The first-order valence-corrected chi connectivity index (χ1v) is 5.92. The van der Waals surface area contributed by atoms with Gasteiger partial charge in [0.1, 0.15) is 0 Å². The van der Waals surface area contributed by atoms with Crippen molar-refractivity contribution in [3.05, 3.63) is 42.2 Å². The summed E-state index contributed by atoms with van der Waals surface area (Å²) in [6, 6.07) is 4.40. The fourth-order valence-electron chi connectivity index (χ4n) is 2.18. The van der Waals surface area contributed by atoms with Gasteiger partial charge < -0.3 is 9.13 Å². The quantitative estimate of drug-likeness (QED) is 0.754. The van der Waals surface area contributed by atoms with Gasteiger partial charge in [-0.25, -0.2) is 4.98 Å². The van der Waals surface area contributed by atoms with E-state index in [-0.39, 0.29) is 5.78 Å². The molecule has 1 saturated carbocycles. The molecule has 0 unspecified atom stereocenters. The SMILES string of the molecule is CC(=O)c1cccn1Cc1cncn1C1CC1. The van der Waals surface area contributed by atoms with Gasteiger partial charge in [-0.3, -0.25) is 4.79 Å². The van der Waals surface area contributed by atoms with Crippen LogP contribution in [0.1, 0.15) is 42.0 Å². The summed E-state index contributed by atoms with van der Waals surface area (Å²) in [6.45, 7) is 2.32. The summed E-state index contributed by atoms with van der Waals surface area (Å²) in [6.07, 6.45) is 8.22. The second kappa shape index (κ2) is 3.87. The summed E-state index contributed by atoms with van der Waals surface area (Å²) in [5, 5.41) is 0. The summed E-state index contributed by atoms with van der Waals surface area (Å²) < 4.78 is 4.21. The Morgan fingerprint density at radius 1 is 1.53 bits per heavy atom. The van der Waals surface area contributed by atoms with Gasteiger partial charge in [-0.15, -0.1) is 0 Å². The second-order valence-corrected chi connectivity index (χ2v) is 4.60. The van der Waals surface area contributed by atoms with Crippen LogP contribution in [0.2, 0.25) is 0 Å². The standard InChI is InChI=1S/C13H15N3O/c1-10(17)13-3-2-6-15(13)8-12-7-14-9-16(12)11-4-5-11/h2-3,6-7,9,11H,4-5,8H2,1H3. The van der Waals surface area contributed by atoms with Gasteiger partial charge in [-0.2, -0.15) is 0 Å². The van der Waals surface area contributed by atoms with Gasteiger partial charge in [0.05, 0.1) is 24.3 Å². The van der Waals surface area contributed by atoms with Crippen molar-refractivity contribution in [3.63, 3.8) is 0 Å². The minimum atomic E-state index is 0.104. The van der Waals surface area contributed by atoms with Crippen molar-refractivity contribution in [1.29, 1.82) is 0 Å². The number of carbonyl (C=O) groups is 1. The molecule has 4 nitrogen and oxygen atoms in total. The number of hydrogen-bond donors (Lipinski definition) is 0. The highest BCUT2D eigenvalue weighted by Gasteiger charge is 2.25. The highest BCUT2D eigenvalue weighted by Crippen LogP contribution is 2.35. The largest absolute Gasteiger partial charge is 0.339 e. The third kappa shape index (κ3) is 1.90. The highest BCUT2D eigenvalue weighted by molar-refractivity contribution is 5.92. The van der Waals surface area contributed by atoms with Gasteiger partial charge in [-0.05, 0) is 25.0 Å². The smallest absolute Gasteiger partial charge is 0.176 e. The molecule has 0 amide bonds. The van der Waals surface area contributed by atoms with Crippen LogP contribution in [0, 0.1) is 0 Å². The molecule has 1 aliphatic carbocycles. The van der Waals surface area contributed by atoms with Crippen molar-refractivity contribution < 1.29 is 4.79 Å². The molecule has 3 rings (SSSR count). The average Bonchev–Trinajstić information content (AvgIpc) is 2.86. The Morgan fingerprint density at radius 3 is 3.06 bits per heavy atom. The van der Waals surface area contributed by atoms with Crippen molar-refractivity contribution in [2.24, 2.45) is 0 Å². The van der Waals surface area contributed by atoms with E-state index < -0.39 is 0 Å². The van der Waals surface area contributed by atoms with E-state index in [9.17, 15) is 4.79 Å². The van der Waals surface area contributed by atoms with Crippen LogP contribution in [0.15, 0.2) is 30.9 Å². The first kappa shape index (κ1) is 10.3. The third-order valence-corrected chi connectivity index (χ3v) is 3.21. The molecule has 0 radical (unpaired) electrons. The minimum absolute atomic E-state index is 0.104. The first-order chi connectivity index (χ1) is 8.25. The molecule has 0 N–H and O–H groups in total. The fourth-order valence-corrected chi connectivity index (χ4v) is 2.18. The topological polar surface area (TPSA) is 39.8 Å². The van der Waals surface area contributed by atoms with Crippen molar-refractivity contribution in [1.82, 2.24) is 14.1 Å². The van der Waals surface area contributed by atoms with Gasteiger partial charge >= 0.3 is 0 Å². The summed E-state index contributed by atoms with van der Waals surface area (Å²) in [5.74, 6) is 0.104. The molecule has 2 aromatic rings. The molecular weight excluding hydrogens is 214 g/mol. The molecule has 0 spiro atoms. The molecule has 0 atom stereocenters. The lowest BCUT2D eigenvalue weighted by Crippen LogP contribution is -2.10. The maximum Gasteiger partial charge on any atom is 0.176 e. The van der Waals surface area contributed by atoms with Crippen molar-refractivity contribution >= 4 is 5.78 Å². The fraction of sp³-hybridized carbons (Fsp3) is 0.385. The zero-order valence-electron chi connectivity index (χ0n) is 9.84. The van der Waals surface area contributed by atoms with Crippen LogP contribution in [0.25, 0.3) is 0 Å². The van der Waals surface area contributed by atoms with Crippen molar-refractivity contribution in [2.45, 2.75) is 32.4 Å². The molecule has 17 heavy (non-hydrogen) atoms. The van der Waals surface area contributed by atoms with Gasteiger partial charge in [0.15, 0.2) is 5.78 Å². The molecule has 1 aliphatic rings. The van der Waals surface area contributed by atoms with Crippen LogP contribution in [-0.2, 0) is 6.54 Å². The average molecular weight is 229 g/mol. The number of imidazole rings is 1. The molecule has 88 valence electrons. The Bertz CT molecular complexity index is 549. The number of hydrogen-bond acceptors (Lipinski definition) is 2. The van der Waals surface area contributed by atoms with E-state index in [2.05, 4.69) is 9.55 Å². The molecule has 4 heteroatoms. The Hall–Kier alpha value is -1.84. The second-order valence-electron chi connectivity index (χ2n) is 4.60. The molecule has 2 aromatic heterocycles. The lowest BCUT2D eigenvalue weighted by molar-refractivity contribution is 0.100. The summed E-state index contributed by atoms with van der Waals surface area (Å²) in [4.78, 5) is 15.6. The highest BCUT2D eigenvalue weighted by atomic mass is 16.1. The van der Waals surface area contributed by atoms with Gasteiger partial charge in [0.2, 0.25) is 0 Å². The molecule has 0 aliphatic heterocycles. The molecule has 2 heterocycles. The zero-order chi connectivity index (χ0) is 11.8.